The average molecular weight is 220 g/mol. The van der Waals surface area contributed by atoms with Gasteiger partial charge in [-0.1, -0.05) is 13.8 Å². The first-order chi connectivity index (χ1) is 7.46. The second-order valence-electron chi connectivity index (χ2n) is 5.71. The van der Waals surface area contributed by atoms with Gasteiger partial charge in [0.05, 0.1) is 0 Å². The maximum atomic E-state index is 11.4. The van der Waals surface area contributed by atoms with Crippen LogP contribution in [0.5, 0.6) is 0 Å². The fourth-order valence-electron chi connectivity index (χ4n) is 2.47. The number of hydrogen-bond acceptors (Lipinski definition) is 2. The first kappa shape index (κ1) is 11.4. The van der Waals surface area contributed by atoms with Crippen molar-refractivity contribution in [2.24, 2.45) is 5.41 Å². The molecule has 0 atom stereocenters. The van der Waals surface area contributed by atoms with Crippen LogP contribution in [-0.4, -0.2) is 9.97 Å². The summed E-state index contributed by atoms with van der Waals surface area (Å²) in [6.45, 7) is 6.51. The molecule has 1 aromatic heterocycles. The summed E-state index contributed by atoms with van der Waals surface area (Å²) in [4.78, 5) is 18.7. The van der Waals surface area contributed by atoms with E-state index in [9.17, 15) is 4.79 Å². The highest BCUT2D eigenvalue weighted by atomic mass is 16.1. The van der Waals surface area contributed by atoms with Crippen molar-refractivity contribution in [3.63, 3.8) is 0 Å². The predicted octanol–water partition coefficient (Wildman–Crippen LogP) is 2.76. The summed E-state index contributed by atoms with van der Waals surface area (Å²) in [6, 6.07) is 1.55. The Balaban J connectivity index is 2.17. The van der Waals surface area contributed by atoms with Crippen LogP contribution in [0.3, 0.4) is 0 Å². The monoisotopic (exact) mass is 220 g/mol. The second-order valence-corrected chi connectivity index (χ2v) is 5.71. The Morgan fingerprint density at radius 1 is 1.38 bits per heavy atom. The Bertz CT molecular complexity index is 424. The van der Waals surface area contributed by atoms with Gasteiger partial charge in [0.2, 0.25) is 0 Å². The summed E-state index contributed by atoms with van der Waals surface area (Å²) < 4.78 is 0. The lowest BCUT2D eigenvalue weighted by molar-refractivity contribution is 0.220. The molecule has 0 aliphatic heterocycles. The molecule has 1 aromatic rings. The third-order valence-corrected chi connectivity index (χ3v) is 3.61. The molecule has 1 fully saturated rings. The fourth-order valence-corrected chi connectivity index (χ4v) is 2.47. The molecule has 1 aliphatic carbocycles. The molecule has 1 saturated carbocycles. The highest BCUT2D eigenvalue weighted by molar-refractivity contribution is 5.05. The molecular formula is C13H20N2O. The lowest BCUT2D eigenvalue weighted by Crippen LogP contribution is -2.23. The van der Waals surface area contributed by atoms with Crippen molar-refractivity contribution >= 4 is 0 Å². The molecule has 1 aliphatic rings. The molecule has 0 aromatic carbocycles. The first-order valence-corrected chi connectivity index (χ1v) is 6.04. The zero-order chi connectivity index (χ0) is 11.8. The Morgan fingerprint density at radius 2 is 2.00 bits per heavy atom. The normalized spacial score (nSPS) is 20.9. The van der Waals surface area contributed by atoms with E-state index in [1.807, 2.05) is 6.92 Å². The molecule has 0 radical (unpaired) electrons. The van der Waals surface area contributed by atoms with Crippen molar-refractivity contribution in [1.29, 1.82) is 0 Å². The quantitative estimate of drug-likeness (QED) is 0.791. The van der Waals surface area contributed by atoms with E-state index in [1.165, 1.54) is 12.8 Å². The molecule has 3 heteroatoms. The maximum Gasteiger partial charge on any atom is 0.251 e. The van der Waals surface area contributed by atoms with E-state index in [1.54, 1.807) is 6.07 Å². The topological polar surface area (TPSA) is 45.8 Å². The van der Waals surface area contributed by atoms with E-state index in [4.69, 9.17) is 0 Å². The number of rotatable bonds is 1. The average Bonchev–Trinajstić information content (AvgIpc) is 2.15. The van der Waals surface area contributed by atoms with E-state index < -0.39 is 0 Å². The summed E-state index contributed by atoms with van der Waals surface area (Å²) in [5, 5.41) is 0. The summed E-state index contributed by atoms with van der Waals surface area (Å²) in [7, 11) is 0. The van der Waals surface area contributed by atoms with Crippen LogP contribution in [0.2, 0.25) is 0 Å². The van der Waals surface area contributed by atoms with Crippen LogP contribution in [0.1, 0.15) is 57.0 Å². The van der Waals surface area contributed by atoms with Gasteiger partial charge in [-0.3, -0.25) is 4.79 Å². The van der Waals surface area contributed by atoms with Gasteiger partial charge in [-0.2, -0.15) is 0 Å². The molecule has 1 N–H and O–H groups in total. The third kappa shape index (κ3) is 2.52. The molecule has 3 nitrogen and oxygen atoms in total. The van der Waals surface area contributed by atoms with Crippen molar-refractivity contribution in [3.8, 4) is 0 Å². The number of aryl methyl sites for hydroxylation is 1. The van der Waals surface area contributed by atoms with Crippen LogP contribution >= 0.6 is 0 Å². The molecule has 0 bridgehead atoms. The van der Waals surface area contributed by atoms with Gasteiger partial charge in [0, 0.05) is 17.7 Å². The van der Waals surface area contributed by atoms with Crippen LogP contribution in [0.4, 0.5) is 0 Å². The van der Waals surface area contributed by atoms with Crippen molar-refractivity contribution < 1.29 is 0 Å². The van der Waals surface area contributed by atoms with Crippen molar-refractivity contribution in [2.75, 3.05) is 0 Å². The Kier molecular flexibility index (Phi) is 2.87. The minimum Gasteiger partial charge on any atom is -0.310 e. The van der Waals surface area contributed by atoms with E-state index >= 15 is 0 Å². The zero-order valence-corrected chi connectivity index (χ0v) is 10.3. The van der Waals surface area contributed by atoms with Crippen molar-refractivity contribution in [3.05, 3.63) is 27.9 Å². The minimum atomic E-state index is -0.0210. The Morgan fingerprint density at radius 3 is 2.56 bits per heavy atom. The standard InChI is InChI=1S/C13H20N2O/c1-9-8-11(16)15-12(14-9)10-4-6-13(2,3)7-5-10/h8,10H,4-7H2,1-3H3,(H,14,15,16). The Labute approximate surface area is 96.3 Å². The molecule has 0 spiro atoms. The number of hydrogen-bond donors (Lipinski definition) is 1. The van der Waals surface area contributed by atoms with E-state index in [-0.39, 0.29) is 5.56 Å². The van der Waals surface area contributed by atoms with Crippen LogP contribution in [-0.2, 0) is 0 Å². The minimum absolute atomic E-state index is 0.0210. The van der Waals surface area contributed by atoms with Crippen molar-refractivity contribution in [1.82, 2.24) is 9.97 Å². The number of aromatic amines is 1. The van der Waals surface area contributed by atoms with Crippen molar-refractivity contribution in [2.45, 2.75) is 52.4 Å². The SMILES string of the molecule is Cc1cc(=O)[nH]c(C2CCC(C)(C)CC2)n1. The van der Waals surface area contributed by atoms with Gasteiger partial charge < -0.3 is 4.98 Å². The molecule has 0 saturated heterocycles. The largest absolute Gasteiger partial charge is 0.310 e. The lowest BCUT2D eigenvalue weighted by atomic mass is 9.73. The smallest absolute Gasteiger partial charge is 0.251 e. The maximum absolute atomic E-state index is 11.4. The van der Waals surface area contributed by atoms with Gasteiger partial charge in [-0.25, -0.2) is 4.98 Å². The fraction of sp³-hybridized carbons (Fsp3) is 0.692. The highest BCUT2D eigenvalue weighted by Gasteiger charge is 2.28. The molecule has 0 unspecified atom stereocenters. The lowest BCUT2D eigenvalue weighted by Gasteiger charge is -2.33. The van der Waals surface area contributed by atoms with Crippen LogP contribution in [0.25, 0.3) is 0 Å². The van der Waals surface area contributed by atoms with Gasteiger partial charge in [-0.05, 0) is 38.0 Å². The summed E-state index contributed by atoms with van der Waals surface area (Å²) in [5.74, 6) is 1.33. The van der Waals surface area contributed by atoms with Gasteiger partial charge in [0.25, 0.3) is 5.56 Å². The number of H-pyrrole nitrogens is 1. The summed E-state index contributed by atoms with van der Waals surface area (Å²) in [6.07, 6.45) is 4.71. The van der Waals surface area contributed by atoms with Gasteiger partial charge in [0.15, 0.2) is 0 Å². The van der Waals surface area contributed by atoms with Crippen LogP contribution in [0.15, 0.2) is 10.9 Å². The summed E-state index contributed by atoms with van der Waals surface area (Å²) in [5.41, 5.74) is 1.26. The zero-order valence-electron chi connectivity index (χ0n) is 10.3. The first-order valence-electron chi connectivity index (χ1n) is 6.04. The number of aromatic nitrogens is 2. The summed E-state index contributed by atoms with van der Waals surface area (Å²) >= 11 is 0. The molecule has 1 heterocycles. The Hall–Kier alpha value is -1.12. The van der Waals surface area contributed by atoms with Gasteiger partial charge in [-0.15, -0.1) is 0 Å². The predicted molar refractivity (Wildman–Crippen MR) is 64.6 cm³/mol. The van der Waals surface area contributed by atoms with E-state index in [2.05, 4.69) is 23.8 Å². The molecule has 88 valence electrons. The van der Waals surface area contributed by atoms with E-state index in [0.29, 0.717) is 11.3 Å². The number of nitrogens with one attached hydrogen (secondary N) is 1. The van der Waals surface area contributed by atoms with Gasteiger partial charge >= 0.3 is 0 Å². The third-order valence-electron chi connectivity index (χ3n) is 3.61. The molecular weight excluding hydrogens is 200 g/mol. The molecule has 2 rings (SSSR count). The number of nitrogens with zero attached hydrogens (tertiary/aromatic N) is 1. The van der Waals surface area contributed by atoms with E-state index in [0.717, 1.165) is 24.4 Å². The van der Waals surface area contributed by atoms with Gasteiger partial charge in [0.1, 0.15) is 5.82 Å². The highest BCUT2D eigenvalue weighted by Crippen LogP contribution is 2.41. The second kappa shape index (κ2) is 4.04. The van der Waals surface area contributed by atoms with Crippen LogP contribution in [0, 0.1) is 12.3 Å². The molecule has 16 heavy (non-hydrogen) atoms. The molecule has 0 amide bonds. The van der Waals surface area contributed by atoms with Crippen LogP contribution < -0.4 is 5.56 Å².